The number of rotatable bonds is 11. The SMILES string of the molecule is CCOc1ccc(CCNC(=O)CSCc2ccc(C)cc2)cc1OCC. The van der Waals surface area contributed by atoms with E-state index >= 15 is 0 Å². The predicted molar refractivity (Wildman–Crippen MR) is 113 cm³/mol. The number of benzene rings is 2. The Morgan fingerprint density at radius 2 is 1.63 bits per heavy atom. The van der Waals surface area contributed by atoms with Crippen molar-refractivity contribution >= 4 is 17.7 Å². The Kier molecular flexibility index (Phi) is 9.05. The number of thioether (sulfide) groups is 1. The molecule has 146 valence electrons. The van der Waals surface area contributed by atoms with Gasteiger partial charge in [0.05, 0.1) is 19.0 Å². The standard InChI is InChI=1S/C22H29NO3S/c1-4-25-20-11-10-18(14-21(20)26-5-2)12-13-23-22(24)16-27-15-19-8-6-17(3)7-9-19/h6-11,14H,4-5,12-13,15-16H2,1-3H3,(H,23,24). The molecule has 0 radical (unpaired) electrons. The van der Waals surface area contributed by atoms with Crippen LogP contribution in [0.4, 0.5) is 0 Å². The Morgan fingerprint density at radius 3 is 2.33 bits per heavy atom. The minimum atomic E-state index is 0.0723. The van der Waals surface area contributed by atoms with E-state index in [0.717, 1.165) is 29.2 Å². The number of ether oxygens (including phenoxy) is 2. The summed E-state index contributed by atoms with van der Waals surface area (Å²) in [6.45, 7) is 7.80. The first kappa shape index (κ1) is 21.2. The van der Waals surface area contributed by atoms with Crippen LogP contribution in [-0.4, -0.2) is 31.4 Å². The molecule has 0 aliphatic rings. The van der Waals surface area contributed by atoms with Gasteiger partial charge in [0.25, 0.3) is 0 Å². The summed E-state index contributed by atoms with van der Waals surface area (Å²) in [5.41, 5.74) is 3.62. The smallest absolute Gasteiger partial charge is 0.230 e. The van der Waals surface area contributed by atoms with Crippen LogP contribution >= 0.6 is 11.8 Å². The van der Waals surface area contributed by atoms with Gasteiger partial charge in [-0.25, -0.2) is 0 Å². The second-order valence-corrected chi connectivity index (χ2v) is 7.21. The Hall–Kier alpha value is -2.14. The normalized spacial score (nSPS) is 10.5. The molecule has 0 saturated heterocycles. The van der Waals surface area contributed by atoms with E-state index in [9.17, 15) is 4.79 Å². The molecule has 0 aromatic heterocycles. The number of nitrogens with one attached hydrogen (secondary N) is 1. The van der Waals surface area contributed by atoms with Gasteiger partial charge in [0.1, 0.15) is 0 Å². The number of aryl methyl sites for hydroxylation is 1. The maximum atomic E-state index is 12.0. The first-order valence-corrected chi connectivity index (χ1v) is 10.6. The van der Waals surface area contributed by atoms with Crippen LogP contribution in [0.15, 0.2) is 42.5 Å². The van der Waals surface area contributed by atoms with Gasteiger partial charge in [-0.05, 0) is 50.5 Å². The van der Waals surface area contributed by atoms with Gasteiger partial charge in [0, 0.05) is 12.3 Å². The van der Waals surface area contributed by atoms with E-state index in [1.807, 2.05) is 32.0 Å². The van der Waals surface area contributed by atoms with E-state index in [-0.39, 0.29) is 5.91 Å². The highest BCUT2D eigenvalue weighted by atomic mass is 32.2. The molecule has 0 fully saturated rings. The molecule has 0 aliphatic heterocycles. The van der Waals surface area contributed by atoms with Crippen molar-refractivity contribution in [2.75, 3.05) is 25.5 Å². The third-order valence-electron chi connectivity index (χ3n) is 3.97. The molecular weight excluding hydrogens is 358 g/mol. The fraction of sp³-hybridized carbons (Fsp3) is 0.409. The van der Waals surface area contributed by atoms with Crippen LogP contribution in [0, 0.1) is 6.92 Å². The molecule has 2 aromatic rings. The zero-order valence-corrected chi connectivity index (χ0v) is 17.2. The average Bonchev–Trinajstić information content (AvgIpc) is 2.66. The summed E-state index contributed by atoms with van der Waals surface area (Å²) in [5, 5.41) is 2.99. The highest BCUT2D eigenvalue weighted by Crippen LogP contribution is 2.28. The topological polar surface area (TPSA) is 47.6 Å². The lowest BCUT2D eigenvalue weighted by Crippen LogP contribution is -2.27. The van der Waals surface area contributed by atoms with Crippen LogP contribution in [0.5, 0.6) is 11.5 Å². The van der Waals surface area contributed by atoms with Gasteiger partial charge >= 0.3 is 0 Å². The lowest BCUT2D eigenvalue weighted by Gasteiger charge is -2.12. The number of carbonyl (C=O) groups is 1. The van der Waals surface area contributed by atoms with E-state index in [1.165, 1.54) is 11.1 Å². The first-order valence-electron chi connectivity index (χ1n) is 9.40. The van der Waals surface area contributed by atoms with E-state index in [1.54, 1.807) is 11.8 Å². The van der Waals surface area contributed by atoms with Gasteiger partial charge in [-0.15, -0.1) is 11.8 Å². The molecule has 5 heteroatoms. The first-order chi connectivity index (χ1) is 13.1. The lowest BCUT2D eigenvalue weighted by atomic mass is 10.1. The molecule has 0 aliphatic carbocycles. The Morgan fingerprint density at radius 1 is 0.963 bits per heavy atom. The van der Waals surface area contributed by atoms with Gasteiger partial charge in [0.15, 0.2) is 11.5 Å². The zero-order valence-electron chi connectivity index (χ0n) is 16.4. The Balaban J connectivity index is 1.72. The fourth-order valence-electron chi connectivity index (χ4n) is 2.59. The molecule has 0 unspecified atom stereocenters. The Bertz CT molecular complexity index is 716. The predicted octanol–water partition coefficient (Wildman–Crippen LogP) is 4.38. The van der Waals surface area contributed by atoms with Crippen molar-refractivity contribution < 1.29 is 14.3 Å². The van der Waals surface area contributed by atoms with E-state index in [2.05, 4.69) is 36.5 Å². The van der Waals surface area contributed by atoms with Crippen molar-refractivity contribution in [2.24, 2.45) is 0 Å². The molecule has 1 amide bonds. The number of carbonyl (C=O) groups excluding carboxylic acids is 1. The molecule has 0 heterocycles. The summed E-state index contributed by atoms with van der Waals surface area (Å²) >= 11 is 1.63. The van der Waals surface area contributed by atoms with Gasteiger partial charge in [-0.3, -0.25) is 4.79 Å². The average molecular weight is 388 g/mol. The molecular formula is C22H29NO3S. The van der Waals surface area contributed by atoms with Crippen molar-refractivity contribution in [1.29, 1.82) is 0 Å². The van der Waals surface area contributed by atoms with Gasteiger partial charge in [-0.2, -0.15) is 0 Å². The van der Waals surface area contributed by atoms with Crippen LogP contribution < -0.4 is 14.8 Å². The summed E-state index contributed by atoms with van der Waals surface area (Å²) < 4.78 is 11.2. The molecule has 0 bridgehead atoms. The highest BCUT2D eigenvalue weighted by molar-refractivity contribution is 7.99. The minimum Gasteiger partial charge on any atom is -0.490 e. The van der Waals surface area contributed by atoms with Crippen LogP contribution in [0.25, 0.3) is 0 Å². The summed E-state index contributed by atoms with van der Waals surface area (Å²) in [5.74, 6) is 2.92. The largest absolute Gasteiger partial charge is 0.490 e. The third-order valence-corrected chi connectivity index (χ3v) is 4.97. The van der Waals surface area contributed by atoms with E-state index < -0.39 is 0 Å². The maximum absolute atomic E-state index is 12.0. The summed E-state index contributed by atoms with van der Waals surface area (Å²) in [6, 6.07) is 14.4. The Labute approximate surface area is 166 Å². The highest BCUT2D eigenvalue weighted by Gasteiger charge is 2.07. The maximum Gasteiger partial charge on any atom is 0.230 e. The van der Waals surface area contributed by atoms with E-state index in [0.29, 0.717) is 25.5 Å². The zero-order chi connectivity index (χ0) is 19.5. The van der Waals surface area contributed by atoms with Crippen LogP contribution in [0.3, 0.4) is 0 Å². The van der Waals surface area contributed by atoms with Gasteiger partial charge in [0.2, 0.25) is 5.91 Å². The molecule has 1 N–H and O–H groups in total. The second-order valence-electron chi connectivity index (χ2n) is 6.23. The molecule has 27 heavy (non-hydrogen) atoms. The molecule has 0 atom stereocenters. The van der Waals surface area contributed by atoms with E-state index in [4.69, 9.17) is 9.47 Å². The second kappa shape index (κ2) is 11.5. The number of hydrogen-bond donors (Lipinski definition) is 1. The van der Waals surface area contributed by atoms with Gasteiger partial charge in [-0.1, -0.05) is 35.9 Å². The van der Waals surface area contributed by atoms with Crippen LogP contribution in [0.1, 0.15) is 30.5 Å². The monoisotopic (exact) mass is 387 g/mol. The van der Waals surface area contributed by atoms with Gasteiger partial charge < -0.3 is 14.8 Å². The van der Waals surface area contributed by atoms with Crippen LogP contribution in [0.2, 0.25) is 0 Å². The molecule has 4 nitrogen and oxygen atoms in total. The molecule has 2 rings (SSSR count). The van der Waals surface area contributed by atoms with Crippen molar-refractivity contribution in [3.8, 4) is 11.5 Å². The minimum absolute atomic E-state index is 0.0723. The third kappa shape index (κ3) is 7.55. The van der Waals surface area contributed by atoms with Crippen molar-refractivity contribution in [1.82, 2.24) is 5.32 Å². The van der Waals surface area contributed by atoms with Crippen LogP contribution in [-0.2, 0) is 17.0 Å². The fourth-order valence-corrected chi connectivity index (χ4v) is 3.41. The number of hydrogen-bond acceptors (Lipinski definition) is 4. The summed E-state index contributed by atoms with van der Waals surface area (Å²) in [4.78, 5) is 12.0. The van der Waals surface area contributed by atoms with Crippen molar-refractivity contribution in [3.05, 3.63) is 59.2 Å². The molecule has 0 spiro atoms. The quantitative estimate of drug-likeness (QED) is 0.621. The molecule has 2 aromatic carbocycles. The summed E-state index contributed by atoms with van der Waals surface area (Å²) in [7, 11) is 0. The number of amides is 1. The van der Waals surface area contributed by atoms with Crippen molar-refractivity contribution in [3.63, 3.8) is 0 Å². The lowest BCUT2D eigenvalue weighted by molar-refractivity contribution is -0.118. The summed E-state index contributed by atoms with van der Waals surface area (Å²) in [6.07, 6.45) is 0.765. The molecule has 0 saturated carbocycles. The van der Waals surface area contributed by atoms with Crippen molar-refractivity contribution in [2.45, 2.75) is 32.9 Å².